The molecule has 26 heavy (non-hydrogen) atoms. The molecule has 2 aromatic heterocycles. The van der Waals surface area contributed by atoms with Gasteiger partial charge in [-0.3, -0.25) is 4.57 Å². The van der Waals surface area contributed by atoms with Crippen LogP contribution in [0.3, 0.4) is 0 Å². The number of aromatic nitrogens is 4. The molecule has 0 radical (unpaired) electrons. The fourth-order valence-electron chi connectivity index (χ4n) is 3.10. The molecule has 136 valence electrons. The molecule has 9 nitrogen and oxygen atoms in total. The van der Waals surface area contributed by atoms with Crippen molar-refractivity contribution in [1.82, 2.24) is 19.5 Å². The molecule has 4 rings (SSSR count). The zero-order valence-electron chi connectivity index (χ0n) is 13.8. The zero-order valence-corrected chi connectivity index (χ0v) is 13.8. The standard InChI is InChI=1S/C17H19N5O4/c18-15-12-16(20-8-19-15)22(9-21-12)17-14(13(24)11(6-23)26-17)25-7-10-4-2-1-3-5-10/h1-5,8-9,11,13-14,17,23-24H,6-7H2,(H2,18,19,20)/t11-,13+,14-,17-/m0/s1. The molecule has 1 aliphatic heterocycles. The van der Waals surface area contributed by atoms with Gasteiger partial charge in [-0.15, -0.1) is 0 Å². The summed E-state index contributed by atoms with van der Waals surface area (Å²) in [6, 6.07) is 9.61. The predicted octanol–water partition coefficient (Wildman–Crippen LogP) is 0.244. The summed E-state index contributed by atoms with van der Waals surface area (Å²) >= 11 is 0. The van der Waals surface area contributed by atoms with Crippen molar-refractivity contribution in [2.75, 3.05) is 12.3 Å². The van der Waals surface area contributed by atoms with Crippen LogP contribution in [0.5, 0.6) is 0 Å². The lowest BCUT2D eigenvalue weighted by Crippen LogP contribution is -2.35. The summed E-state index contributed by atoms with van der Waals surface area (Å²) in [6.07, 6.45) is -0.315. The maximum Gasteiger partial charge on any atom is 0.167 e. The average Bonchev–Trinajstić information content (AvgIpc) is 3.23. The molecule has 0 spiro atoms. The van der Waals surface area contributed by atoms with Gasteiger partial charge in [0.2, 0.25) is 0 Å². The number of benzene rings is 1. The van der Waals surface area contributed by atoms with Crippen molar-refractivity contribution in [3.63, 3.8) is 0 Å². The molecule has 1 aliphatic rings. The van der Waals surface area contributed by atoms with Crippen LogP contribution in [-0.2, 0) is 16.1 Å². The van der Waals surface area contributed by atoms with E-state index in [-0.39, 0.29) is 12.4 Å². The lowest BCUT2D eigenvalue weighted by atomic mass is 10.1. The molecule has 4 N–H and O–H groups in total. The van der Waals surface area contributed by atoms with Gasteiger partial charge in [0.15, 0.2) is 17.7 Å². The summed E-state index contributed by atoms with van der Waals surface area (Å²) in [5, 5.41) is 20.0. The molecule has 1 fully saturated rings. The highest BCUT2D eigenvalue weighted by atomic mass is 16.6. The Morgan fingerprint density at radius 1 is 1.19 bits per heavy atom. The lowest BCUT2D eigenvalue weighted by Gasteiger charge is -2.22. The number of imidazole rings is 1. The molecule has 4 atom stereocenters. The number of nitrogens with two attached hydrogens (primary N) is 1. The summed E-state index contributed by atoms with van der Waals surface area (Å²) in [6.45, 7) is -0.0308. The Balaban J connectivity index is 1.64. The van der Waals surface area contributed by atoms with Crippen molar-refractivity contribution in [2.45, 2.75) is 31.1 Å². The van der Waals surface area contributed by atoms with Crippen LogP contribution in [0.25, 0.3) is 11.2 Å². The number of rotatable bonds is 5. The molecule has 0 saturated carbocycles. The van der Waals surface area contributed by atoms with E-state index in [0.717, 1.165) is 5.56 Å². The van der Waals surface area contributed by atoms with Crippen molar-refractivity contribution in [3.05, 3.63) is 48.5 Å². The van der Waals surface area contributed by atoms with Crippen LogP contribution < -0.4 is 5.73 Å². The molecule has 0 bridgehead atoms. The summed E-state index contributed by atoms with van der Waals surface area (Å²) < 4.78 is 13.4. The molecule has 3 aromatic rings. The minimum atomic E-state index is -0.995. The molecular weight excluding hydrogens is 338 g/mol. The largest absolute Gasteiger partial charge is 0.394 e. The van der Waals surface area contributed by atoms with Gasteiger partial charge in [0.1, 0.15) is 30.2 Å². The van der Waals surface area contributed by atoms with E-state index in [1.807, 2.05) is 30.3 Å². The Labute approximate surface area is 149 Å². The Morgan fingerprint density at radius 3 is 2.77 bits per heavy atom. The van der Waals surface area contributed by atoms with E-state index in [4.69, 9.17) is 15.2 Å². The first kappa shape index (κ1) is 16.9. The third kappa shape index (κ3) is 2.90. The second-order valence-corrected chi connectivity index (χ2v) is 6.08. The van der Waals surface area contributed by atoms with E-state index in [0.29, 0.717) is 17.8 Å². The first-order valence-corrected chi connectivity index (χ1v) is 8.22. The maximum atomic E-state index is 10.5. The maximum absolute atomic E-state index is 10.5. The number of aliphatic hydroxyl groups excluding tert-OH is 2. The predicted molar refractivity (Wildman–Crippen MR) is 91.8 cm³/mol. The molecule has 0 unspecified atom stereocenters. The summed E-state index contributed by atoms with van der Waals surface area (Å²) in [5.74, 6) is 0.257. The summed E-state index contributed by atoms with van der Waals surface area (Å²) in [4.78, 5) is 12.3. The van der Waals surface area contributed by atoms with Gasteiger partial charge in [-0.1, -0.05) is 30.3 Å². The molecule has 0 aliphatic carbocycles. The van der Waals surface area contributed by atoms with E-state index < -0.39 is 24.5 Å². The molecule has 3 heterocycles. The number of hydrogen-bond acceptors (Lipinski definition) is 8. The number of fused-ring (bicyclic) bond motifs is 1. The van der Waals surface area contributed by atoms with Crippen molar-refractivity contribution in [3.8, 4) is 0 Å². The first-order chi connectivity index (χ1) is 12.7. The molecule has 1 saturated heterocycles. The topological polar surface area (TPSA) is 129 Å². The fourth-order valence-corrected chi connectivity index (χ4v) is 3.10. The van der Waals surface area contributed by atoms with Gasteiger partial charge in [-0.2, -0.15) is 0 Å². The number of nitrogen functional groups attached to an aromatic ring is 1. The van der Waals surface area contributed by atoms with Crippen LogP contribution in [0.1, 0.15) is 11.8 Å². The highest BCUT2D eigenvalue weighted by Crippen LogP contribution is 2.34. The van der Waals surface area contributed by atoms with Crippen LogP contribution in [-0.4, -0.2) is 54.7 Å². The minimum absolute atomic E-state index is 0.257. The fraction of sp³-hybridized carbons (Fsp3) is 0.353. The third-order valence-corrected chi connectivity index (χ3v) is 4.44. The SMILES string of the molecule is Nc1ncnc2c1ncn2[C@H]1O[C@@H](CO)[C@@H](O)[C@@H]1OCc1ccccc1. The Kier molecular flexibility index (Phi) is 4.51. The van der Waals surface area contributed by atoms with Gasteiger partial charge >= 0.3 is 0 Å². The van der Waals surface area contributed by atoms with Gasteiger partial charge in [-0.05, 0) is 5.56 Å². The number of nitrogens with zero attached hydrogens (tertiary/aromatic N) is 4. The summed E-state index contributed by atoms with van der Waals surface area (Å²) in [7, 11) is 0. The normalized spacial score (nSPS) is 25.8. The number of aliphatic hydroxyl groups is 2. The number of ether oxygens (including phenoxy) is 2. The van der Waals surface area contributed by atoms with E-state index >= 15 is 0 Å². The quantitative estimate of drug-likeness (QED) is 0.592. The smallest absolute Gasteiger partial charge is 0.167 e. The Morgan fingerprint density at radius 2 is 2.00 bits per heavy atom. The van der Waals surface area contributed by atoms with E-state index in [1.165, 1.54) is 12.7 Å². The highest BCUT2D eigenvalue weighted by molar-refractivity contribution is 5.81. The first-order valence-electron chi connectivity index (χ1n) is 8.22. The van der Waals surface area contributed by atoms with Crippen molar-refractivity contribution < 1.29 is 19.7 Å². The third-order valence-electron chi connectivity index (χ3n) is 4.44. The summed E-state index contributed by atoms with van der Waals surface area (Å²) in [5.41, 5.74) is 7.71. The second kappa shape index (κ2) is 6.96. The minimum Gasteiger partial charge on any atom is -0.394 e. The molecule has 1 aromatic carbocycles. The van der Waals surface area contributed by atoms with Crippen molar-refractivity contribution >= 4 is 17.0 Å². The molecule has 9 heteroatoms. The second-order valence-electron chi connectivity index (χ2n) is 6.08. The van der Waals surface area contributed by atoms with Gasteiger partial charge in [0.25, 0.3) is 0 Å². The number of hydrogen-bond donors (Lipinski definition) is 3. The van der Waals surface area contributed by atoms with E-state index in [2.05, 4.69) is 15.0 Å². The highest BCUT2D eigenvalue weighted by Gasteiger charge is 2.45. The molecule has 0 amide bonds. The van der Waals surface area contributed by atoms with E-state index in [9.17, 15) is 10.2 Å². The van der Waals surface area contributed by atoms with Gasteiger partial charge in [-0.25, -0.2) is 15.0 Å². The van der Waals surface area contributed by atoms with Crippen LogP contribution in [0.4, 0.5) is 5.82 Å². The monoisotopic (exact) mass is 357 g/mol. The lowest BCUT2D eigenvalue weighted by molar-refractivity contribution is -0.0761. The molecular formula is C17H19N5O4. The van der Waals surface area contributed by atoms with Gasteiger partial charge in [0, 0.05) is 0 Å². The van der Waals surface area contributed by atoms with Crippen molar-refractivity contribution in [1.29, 1.82) is 0 Å². The van der Waals surface area contributed by atoms with Crippen LogP contribution >= 0.6 is 0 Å². The van der Waals surface area contributed by atoms with Crippen LogP contribution in [0.2, 0.25) is 0 Å². The van der Waals surface area contributed by atoms with Gasteiger partial charge in [0.05, 0.1) is 19.5 Å². The van der Waals surface area contributed by atoms with Crippen LogP contribution in [0.15, 0.2) is 43.0 Å². The van der Waals surface area contributed by atoms with Crippen LogP contribution in [0, 0.1) is 0 Å². The van der Waals surface area contributed by atoms with Crippen molar-refractivity contribution in [2.24, 2.45) is 0 Å². The zero-order chi connectivity index (χ0) is 18.1. The van der Waals surface area contributed by atoms with Gasteiger partial charge < -0.3 is 25.4 Å². The Bertz CT molecular complexity index is 887. The van der Waals surface area contributed by atoms with E-state index in [1.54, 1.807) is 4.57 Å². The number of anilines is 1. The average molecular weight is 357 g/mol. The Hall–Kier alpha value is -2.59.